The van der Waals surface area contributed by atoms with Crippen LogP contribution >= 0.6 is 0 Å². The molecule has 0 radical (unpaired) electrons. The van der Waals surface area contributed by atoms with E-state index in [0.717, 1.165) is 0 Å². The summed E-state index contributed by atoms with van der Waals surface area (Å²) in [7, 11) is 1.32. The van der Waals surface area contributed by atoms with Gasteiger partial charge in [-0.05, 0) is 43.3 Å². The van der Waals surface area contributed by atoms with Crippen LogP contribution in [0.4, 0.5) is 5.69 Å². The molecule has 0 spiro atoms. The largest absolute Gasteiger partial charge is 0.490 e. The maximum absolute atomic E-state index is 12.5. The van der Waals surface area contributed by atoms with E-state index in [4.69, 9.17) is 9.47 Å². The van der Waals surface area contributed by atoms with Gasteiger partial charge in [0, 0.05) is 12.3 Å². The molecule has 2 aromatic rings. The Morgan fingerprint density at radius 2 is 1.72 bits per heavy atom. The lowest BCUT2D eigenvalue weighted by molar-refractivity contribution is 0.0600. The van der Waals surface area contributed by atoms with E-state index in [-0.39, 0.29) is 5.91 Å². The van der Waals surface area contributed by atoms with Crippen LogP contribution < -0.4 is 10.1 Å². The highest BCUT2D eigenvalue weighted by molar-refractivity contribution is 6.06. The third-order valence-corrected chi connectivity index (χ3v) is 3.38. The van der Waals surface area contributed by atoms with Crippen LogP contribution in [-0.2, 0) is 9.47 Å². The zero-order chi connectivity index (χ0) is 18.1. The number of rotatable bonds is 8. The van der Waals surface area contributed by atoms with Crippen LogP contribution in [-0.4, -0.2) is 38.8 Å². The number of anilines is 1. The predicted octanol–water partition coefficient (Wildman–Crippen LogP) is 3.14. The molecule has 0 unspecified atom stereocenters. The van der Waals surface area contributed by atoms with Gasteiger partial charge < -0.3 is 19.5 Å². The molecule has 0 aromatic heterocycles. The monoisotopic (exact) mass is 343 g/mol. The van der Waals surface area contributed by atoms with Crippen LogP contribution in [0.5, 0.6) is 5.75 Å². The maximum atomic E-state index is 12.5. The Balaban J connectivity index is 2.04. The zero-order valence-corrected chi connectivity index (χ0v) is 14.3. The van der Waals surface area contributed by atoms with Crippen LogP contribution in [0.15, 0.2) is 48.5 Å². The Kier molecular flexibility index (Phi) is 6.98. The number of amides is 1. The lowest BCUT2D eigenvalue weighted by Crippen LogP contribution is -2.15. The van der Waals surface area contributed by atoms with E-state index in [1.165, 1.54) is 7.11 Å². The molecule has 6 heteroatoms. The fourth-order valence-corrected chi connectivity index (χ4v) is 2.14. The molecule has 6 nitrogen and oxygen atoms in total. The summed E-state index contributed by atoms with van der Waals surface area (Å²) in [4.78, 5) is 23.9. The molecule has 0 heterocycles. The number of carbonyl (C=O) groups is 2. The van der Waals surface area contributed by atoms with Gasteiger partial charge in [-0.25, -0.2) is 4.79 Å². The van der Waals surface area contributed by atoms with Crippen molar-refractivity contribution in [2.45, 2.75) is 6.92 Å². The summed E-state index contributed by atoms with van der Waals surface area (Å²) in [5, 5.41) is 2.78. The van der Waals surface area contributed by atoms with Crippen molar-refractivity contribution in [1.82, 2.24) is 0 Å². The van der Waals surface area contributed by atoms with Crippen LogP contribution in [0.25, 0.3) is 0 Å². The molecule has 132 valence electrons. The first-order chi connectivity index (χ1) is 12.2. The Morgan fingerprint density at radius 1 is 1.00 bits per heavy atom. The van der Waals surface area contributed by atoms with Crippen LogP contribution in [0, 0.1) is 0 Å². The molecule has 0 bridgehead atoms. The summed E-state index contributed by atoms with van der Waals surface area (Å²) >= 11 is 0. The highest BCUT2D eigenvalue weighted by atomic mass is 16.5. The number of benzene rings is 2. The van der Waals surface area contributed by atoms with E-state index in [1.807, 2.05) is 6.92 Å². The minimum absolute atomic E-state index is 0.294. The minimum Gasteiger partial charge on any atom is -0.490 e. The smallest absolute Gasteiger partial charge is 0.337 e. The molecule has 0 aliphatic carbocycles. The molecule has 2 rings (SSSR count). The summed E-state index contributed by atoms with van der Waals surface area (Å²) < 4.78 is 15.5. The fraction of sp³-hybridized carbons (Fsp3) is 0.263. The molecule has 0 atom stereocenters. The van der Waals surface area contributed by atoms with Crippen molar-refractivity contribution >= 4 is 17.6 Å². The first kappa shape index (κ1) is 18.5. The molecule has 0 fully saturated rings. The Morgan fingerprint density at radius 3 is 2.40 bits per heavy atom. The van der Waals surface area contributed by atoms with Gasteiger partial charge in [0.05, 0.1) is 24.8 Å². The lowest BCUT2D eigenvalue weighted by atomic mass is 10.1. The third kappa shape index (κ3) is 5.32. The molecular formula is C19H21NO5. The van der Waals surface area contributed by atoms with Crippen LogP contribution in [0.3, 0.4) is 0 Å². The zero-order valence-electron chi connectivity index (χ0n) is 14.3. The standard InChI is InChI=1S/C19H21NO5/c1-3-24-12-13-25-17-7-5-4-6-16(17)18(21)20-15-10-8-14(9-11-15)19(22)23-2/h4-11H,3,12-13H2,1-2H3,(H,20,21). The van der Waals surface area contributed by atoms with Gasteiger partial charge in [0.2, 0.25) is 0 Å². The van der Waals surface area contributed by atoms with Gasteiger partial charge in [0.15, 0.2) is 0 Å². The molecule has 0 aliphatic heterocycles. The predicted molar refractivity (Wildman–Crippen MR) is 94.2 cm³/mol. The van der Waals surface area contributed by atoms with E-state index in [0.29, 0.717) is 42.4 Å². The average molecular weight is 343 g/mol. The van der Waals surface area contributed by atoms with Crippen molar-refractivity contribution in [2.24, 2.45) is 0 Å². The van der Waals surface area contributed by atoms with E-state index in [1.54, 1.807) is 48.5 Å². The second-order valence-electron chi connectivity index (χ2n) is 5.06. The molecular weight excluding hydrogens is 322 g/mol. The maximum Gasteiger partial charge on any atom is 0.337 e. The number of nitrogens with one attached hydrogen (secondary N) is 1. The van der Waals surface area contributed by atoms with Gasteiger partial charge in [-0.3, -0.25) is 4.79 Å². The molecule has 25 heavy (non-hydrogen) atoms. The van der Waals surface area contributed by atoms with Gasteiger partial charge in [0.1, 0.15) is 12.4 Å². The summed E-state index contributed by atoms with van der Waals surface area (Å²) in [5.74, 6) is -0.227. The number of methoxy groups -OCH3 is 1. The van der Waals surface area contributed by atoms with Gasteiger partial charge in [-0.15, -0.1) is 0 Å². The summed E-state index contributed by atoms with van der Waals surface area (Å²) in [5.41, 5.74) is 1.41. The SMILES string of the molecule is CCOCCOc1ccccc1C(=O)Nc1ccc(C(=O)OC)cc1. The molecule has 2 aromatic carbocycles. The van der Waals surface area contributed by atoms with Crippen LogP contribution in [0.2, 0.25) is 0 Å². The minimum atomic E-state index is -0.425. The van der Waals surface area contributed by atoms with E-state index in [2.05, 4.69) is 10.1 Å². The second kappa shape index (κ2) is 9.44. The third-order valence-electron chi connectivity index (χ3n) is 3.38. The number of carbonyl (C=O) groups excluding carboxylic acids is 2. The van der Waals surface area contributed by atoms with E-state index >= 15 is 0 Å². The number of hydrogen-bond donors (Lipinski definition) is 1. The number of ether oxygens (including phenoxy) is 3. The first-order valence-electron chi connectivity index (χ1n) is 7.95. The molecule has 1 amide bonds. The van der Waals surface area contributed by atoms with Crippen LogP contribution in [0.1, 0.15) is 27.6 Å². The number of hydrogen-bond acceptors (Lipinski definition) is 5. The normalized spacial score (nSPS) is 10.2. The fourth-order valence-electron chi connectivity index (χ4n) is 2.14. The second-order valence-corrected chi connectivity index (χ2v) is 5.06. The quantitative estimate of drug-likeness (QED) is 0.589. The lowest BCUT2D eigenvalue weighted by Gasteiger charge is -2.12. The molecule has 0 saturated carbocycles. The van der Waals surface area contributed by atoms with E-state index < -0.39 is 5.97 Å². The summed E-state index contributed by atoms with van der Waals surface area (Å²) in [6.07, 6.45) is 0. The van der Waals surface area contributed by atoms with Gasteiger partial charge in [-0.1, -0.05) is 12.1 Å². The van der Waals surface area contributed by atoms with Crippen molar-refractivity contribution in [3.05, 3.63) is 59.7 Å². The van der Waals surface area contributed by atoms with Crippen molar-refractivity contribution in [2.75, 3.05) is 32.2 Å². The number of esters is 1. The Hall–Kier alpha value is -2.86. The van der Waals surface area contributed by atoms with Crippen molar-refractivity contribution in [3.63, 3.8) is 0 Å². The van der Waals surface area contributed by atoms with E-state index in [9.17, 15) is 9.59 Å². The first-order valence-corrected chi connectivity index (χ1v) is 7.95. The molecule has 0 aliphatic rings. The average Bonchev–Trinajstić information content (AvgIpc) is 2.65. The Labute approximate surface area is 146 Å². The van der Waals surface area contributed by atoms with Gasteiger partial charge >= 0.3 is 5.97 Å². The van der Waals surface area contributed by atoms with Crippen molar-refractivity contribution < 1.29 is 23.8 Å². The topological polar surface area (TPSA) is 73.9 Å². The molecule has 1 N–H and O–H groups in total. The Bertz CT molecular complexity index is 712. The summed E-state index contributed by atoms with van der Waals surface area (Å²) in [6.45, 7) is 3.35. The van der Waals surface area contributed by atoms with Crippen molar-refractivity contribution in [1.29, 1.82) is 0 Å². The molecule has 0 saturated heterocycles. The van der Waals surface area contributed by atoms with Crippen molar-refractivity contribution in [3.8, 4) is 5.75 Å². The van der Waals surface area contributed by atoms with Gasteiger partial charge in [-0.2, -0.15) is 0 Å². The number of para-hydroxylation sites is 1. The summed E-state index contributed by atoms with van der Waals surface area (Å²) in [6, 6.07) is 13.5. The highest BCUT2D eigenvalue weighted by Crippen LogP contribution is 2.20. The highest BCUT2D eigenvalue weighted by Gasteiger charge is 2.13. The van der Waals surface area contributed by atoms with Gasteiger partial charge in [0.25, 0.3) is 5.91 Å².